The number of piperidine rings is 1. The predicted octanol–water partition coefficient (Wildman–Crippen LogP) is 4.49. The van der Waals surface area contributed by atoms with Gasteiger partial charge in [-0.05, 0) is 56.2 Å². The van der Waals surface area contributed by atoms with Crippen LogP contribution in [0.5, 0.6) is 0 Å². The second-order valence-corrected chi connectivity index (χ2v) is 9.20. The molecule has 2 unspecified atom stereocenters. The molecule has 2 saturated heterocycles. The monoisotopic (exact) mass is 475 g/mol. The smallest absolute Gasteiger partial charge is 0.229 e. The second-order valence-electron chi connectivity index (χ2n) is 8.79. The van der Waals surface area contributed by atoms with E-state index in [1.807, 2.05) is 0 Å². The number of hydrogen-bond donors (Lipinski definition) is 3. The highest BCUT2D eigenvalue weighted by Crippen LogP contribution is 2.30. The minimum absolute atomic E-state index is 0.0660. The van der Waals surface area contributed by atoms with E-state index >= 15 is 0 Å². The fraction of sp³-hybridized carbons (Fsp3) is 0.542. The summed E-state index contributed by atoms with van der Waals surface area (Å²) in [7, 11) is 0. The minimum atomic E-state index is -0.417. The van der Waals surface area contributed by atoms with Crippen molar-refractivity contribution >= 4 is 29.1 Å². The Morgan fingerprint density at radius 3 is 2.82 bits per heavy atom. The SMILES string of the molecule is CCC1CCC(C(=O)Nc2cc(-c3ccc(F)c(NCC4CCOCC4)n3)c(Cl)cn2)CN1. The third-order valence-corrected chi connectivity index (χ3v) is 6.81. The van der Waals surface area contributed by atoms with E-state index in [0.717, 1.165) is 45.3 Å². The van der Waals surface area contributed by atoms with E-state index in [-0.39, 0.29) is 17.6 Å². The van der Waals surface area contributed by atoms with Gasteiger partial charge in [0, 0.05) is 44.1 Å². The minimum Gasteiger partial charge on any atom is -0.381 e. The van der Waals surface area contributed by atoms with Crippen molar-refractivity contribution in [2.75, 3.05) is 36.9 Å². The number of hydrogen-bond acceptors (Lipinski definition) is 6. The molecule has 33 heavy (non-hydrogen) atoms. The molecule has 9 heteroatoms. The van der Waals surface area contributed by atoms with Gasteiger partial charge in [-0.25, -0.2) is 14.4 Å². The molecule has 2 aliphatic rings. The molecular weight excluding hydrogens is 445 g/mol. The van der Waals surface area contributed by atoms with Gasteiger partial charge in [-0.15, -0.1) is 0 Å². The number of rotatable bonds is 7. The highest BCUT2D eigenvalue weighted by atomic mass is 35.5. The topological polar surface area (TPSA) is 88.2 Å². The van der Waals surface area contributed by atoms with Crippen molar-refractivity contribution in [1.82, 2.24) is 15.3 Å². The quantitative estimate of drug-likeness (QED) is 0.546. The molecule has 0 aliphatic carbocycles. The number of aromatic nitrogens is 2. The Morgan fingerprint density at radius 1 is 1.27 bits per heavy atom. The fourth-order valence-electron chi connectivity index (χ4n) is 4.33. The van der Waals surface area contributed by atoms with E-state index in [2.05, 4.69) is 32.8 Å². The molecule has 4 rings (SSSR count). The molecule has 0 bridgehead atoms. The summed E-state index contributed by atoms with van der Waals surface area (Å²) >= 11 is 6.39. The lowest BCUT2D eigenvalue weighted by atomic mass is 9.93. The Labute approximate surface area is 198 Å². The lowest BCUT2D eigenvalue weighted by Crippen LogP contribution is -2.43. The van der Waals surface area contributed by atoms with Crippen molar-refractivity contribution in [3.8, 4) is 11.3 Å². The van der Waals surface area contributed by atoms with Crippen molar-refractivity contribution in [3.05, 3.63) is 35.2 Å². The zero-order valence-corrected chi connectivity index (χ0v) is 19.6. The van der Waals surface area contributed by atoms with Gasteiger partial charge in [0.05, 0.1) is 16.6 Å². The van der Waals surface area contributed by atoms with Gasteiger partial charge in [0.2, 0.25) is 5.91 Å². The van der Waals surface area contributed by atoms with Crippen LogP contribution in [0.1, 0.15) is 39.0 Å². The van der Waals surface area contributed by atoms with Crippen LogP contribution in [-0.2, 0) is 9.53 Å². The summed E-state index contributed by atoms with van der Waals surface area (Å²) in [5.74, 6) is 0.440. The van der Waals surface area contributed by atoms with Crippen LogP contribution in [-0.4, -0.2) is 48.2 Å². The van der Waals surface area contributed by atoms with Crippen LogP contribution in [0, 0.1) is 17.7 Å². The third-order valence-electron chi connectivity index (χ3n) is 6.51. The average molecular weight is 476 g/mol. The van der Waals surface area contributed by atoms with E-state index in [0.29, 0.717) is 47.1 Å². The van der Waals surface area contributed by atoms with Crippen molar-refractivity contribution in [1.29, 1.82) is 0 Å². The maximum Gasteiger partial charge on any atom is 0.229 e. The number of carbonyl (C=O) groups is 1. The highest BCUT2D eigenvalue weighted by Gasteiger charge is 2.25. The van der Waals surface area contributed by atoms with E-state index < -0.39 is 5.82 Å². The van der Waals surface area contributed by atoms with Gasteiger partial charge < -0.3 is 20.7 Å². The van der Waals surface area contributed by atoms with E-state index in [1.165, 1.54) is 12.3 Å². The van der Waals surface area contributed by atoms with Crippen LogP contribution >= 0.6 is 11.6 Å². The van der Waals surface area contributed by atoms with Crippen LogP contribution in [0.4, 0.5) is 16.0 Å². The zero-order valence-electron chi connectivity index (χ0n) is 18.9. The molecule has 0 radical (unpaired) electrons. The molecule has 2 atom stereocenters. The summed E-state index contributed by atoms with van der Waals surface area (Å²) in [5, 5.41) is 9.83. The standard InChI is InChI=1S/C24H31ClFN5O2/c1-2-17-4-3-16(13-27-17)24(32)31-22-11-18(19(25)14-28-22)21-6-5-20(26)23(30-21)29-12-15-7-9-33-10-8-15/h5-6,11,14-17,27H,2-4,7-10,12-13H2,1H3,(H,29,30)(H,28,31,32). The van der Waals surface area contributed by atoms with Gasteiger partial charge in [-0.1, -0.05) is 18.5 Å². The molecule has 0 aromatic carbocycles. The van der Waals surface area contributed by atoms with Crippen molar-refractivity contribution in [3.63, 3.8) is 0 Å². The largest absolute Gasteiger partial charge is 0.381 e. The number of ether oxygens (including phenoxy) is 1. The van der Waals surface area contributed by atoms with E-state index in [4.69, 9.17) is 16.3 Å². The van der Waals surface area contributed by atoms with Gasteiger partial charge >= 0.3 is 0 Å². The third kappa shape index (κ3) is 6.19. The van der Waals surface area contributed by atoms with Gasteiger partial charge in [0.25, 0.3) is 0 Å². The molecule has 7 nitrogen and oxygen atoms in total. The fourth-order valence-corrected chi connectivity index (χ4v) is 4.53. The first kappa shape index (κ1) is 23.9. The molecule has 2 aromatic rings. The van der Waals surface area contributed by atoms with E-state index in [1.54, 1.807) is 12.1 Å². The van der Waals surface area contributed by atoms with Gasteiger partial charge in [-0.3, -0.25) is 4.79 Å². The number of nitrogens with zero attached hydrogens (tertiary/aromatic N) is 2. The Hall–Kier alpha value is -2.29. The molecule has 2 aromatic heterocycles. The molecular formula is C24H31ClFN5O2. The molecule has 1 amide bonds. The number of anilines is 2. The number of carbonyl (C=O) groups excluding carboxylic acids is 1. The van der Waals surface area contributed by atoms with Crippen LogP contribution < -0.4 is 16.0 Å². The first-order valence-corrected chi connectivity index (χ1v) is 12.1. The molecule has 178 valence electrons. The summed E-state index contributed by atoms with van der Waals surface area (Å²) in [4.78, 5) is 21.4. The van der Waals surface area contributed by atoms with Crippen LogP contribution in [0.2, 0.25) is 5.02 Å². The average Bonchev–Trinajstić information content (AvgIpc) is 2.85. The van der Waals surface area contributed by atoms with Crippen LogP contribution in [0.15, 0.2) is 24.4 Å². The summed E-state index contributed by atoms with van der Waals surface area (Å²) < 4.78 is 19.8. The summed E-state index contributed by atoms with van der Waals surface area (Å²) in [5.41, 5.74) is 1.10. The van der Waals surface area contributed by atoms with Gasteiger partial charge in [-0.2, -0.15) is 0 Å². The number of pyridine rings is 2. The molecule has 0 spiro atoms. The highest BCUT2D eigenvalue weighted by molar-refractivity contribution is 6.33. The Bertz CT molecular complexity index is 962. The molecule has 3 N–H and O–H groups in total. The van der Waals surface area contributed by atoms with E-state index in [9.17, 15) is 9.18 Å². The van der Waals surface area contributed by atoms with Gasteiger partial charge in [0.1, 0.15) is 5.82 Å². The Balaban J connectivity index is 1.45. The Kier molecular flexibility index (Phi) is 8.11. The van der Waals surface area contributed by atoms with Crippen molar-refractivity contribution < 1.29 is 13.9 Å². The first-order chi connectivity index (χ1) is 16.0. The maximum absolute atomic E-state index is 14.4. The number of amides is 1. The second kappa shape index (κ2) is 11.2. The molecule has 4 heterocycles. The summed E-state index contributed by atoms with van der Waals surface area (Å²) in [6.07, 6.45) is 6.27. The number of nitrogens with one attached hydrogen (secondary N) is 3. The Morgan fingerprint density at radius 2 is 2.09 bits per heavy atom. The number of halogens is 2. The lowest BCUT2D eigenvalue weighted by Gasteiger charge is -2.28. The molecule has 2 aliphatic heterocycles. The van der Waals surface area contributed by atoms with Crippen molar-refractivity contribution in [2.24, 2.45) is 11.8 Å². The maximum atomic E-state index is 14.4. The molecule has 0 saturated carbocycles. The molecule has 2 fully saturated rings. The first-order valence-electron chi connectivity index (χ1n) is 11.7. The van der Waals surface area contributed by atoms with Gasteiger partial charge in [0.15, 0.2) is 11.6 Å². The lowest BCUT2D eigenvalue weighted by molar-refractivity contribution is -0.120. The summed E-state index contributed by atoms with van der Waals surface area (Å²) in [6.45, 7) is 4.91. The van der Waals surface area contributed by atoms with Crippen molar-refractivity contribution in [2.45, 2.75) is 45.1 Å². The van der Waals surface area contributed by atoms with Crippen LogP contribution in [0.25, 0.3) is 11.3 Å². The zero-order chi connectivity index (χ0) is 23.2. The predicted molar refractivity (Wildman–Crippen MR) is 128 cm³/mol. The summed E-state index contributed by atoms with van der Waals surface area (Å²) in [6, 6.07) is 5.13. The normalized spacial score (nSPS) is 21.5. The van der Waals surface area contributed by atoms with Crippen LogP contribution in [0.3, 0.4) is 0 Å².